The molecule has 1 aromatic heterocycles. The number of nitrogens with zero attached hydrogens (tertiary/aromatic N) is 1. The zero-order chi connectivity index (χ0) is 6.97. The number of hydrogen-bond acceptors (Lipinski definition) is 1. The Bertz CT molecular complexity index is 353. The number of imidazole rings is 1. The van der Waals surface area contributed by atoms with Crippen molar-refractivity contribution >= 4 is 32.2 Å². The zero-order valence-corrected chi connectivity index (χ0v) is 7.76. The van der Waals surface area contributed by atoms with Crippen LogP contribution in [0.3, 0.4) is 0 Å². The number of benzene rings is 1. The van der Waals surface area contributed by atoms with E-state index in [0.29, 0.717) is 0 Å². The Hall–Kier alpha value is -0.752. The van der Waals surface area contributed by atoms with Crippen molar-refractivity contribution in [2.75, 3.05) is 0 Å². The van der Waals surface area contributed by atoms with Gasteiger partial charge in [-0.1, -0.05) is 0 Å². The van der Waals surface area contributed by atoms with E-state index in [1.165, 1.54) is 4.35 Å². The Kier molecular flexibility index (Phi) is 1.28. The van der Waals surface area contributed by atoms with Gasteiger partial charge in [-0.2, -0.15) is 0 Å². The van der Waals surface area contributed by atoms with Crippen LogP contribution >= 0.6 is 0 Å². The van der Waals surface area contributed by atoms with Gasteiger partial charge in [0.1, 0.15) is 0 Å². The first-order valence-corrected chi connectivity index (χ1v) is 4.26. The maximum atomic E-state index is 4.11. The van der Waals surface area contributed by atoms with Crippen LogP contribution in [-0.4, -0.2) is 26.8 Å². The molecule has 0 fully saturated rings. The van der Waals surface area contributed by atoms with Gasteiger partial charge in [-0.05, 0) is 0 Å². The van der Waals surface area contributed by atoms with E-state index in [4.69, 9.17) is 0 Å². The summed E-state index contributed by atoms with van der Waals surface area (Å²) in [5.74, 6) is 0. The van der Waals surface area contributed by atoms with Gasteiger partial charge >= 0.3 is 66.7 Å². The van der Waals surface area contributed by atoms with Gasteiger partial charge in [0.25, 0.3) is 0 Å². The topological polar surface area (TPSA) is 28.7 Å². The van der Waals surface area contributed by atoms with Crippen LogP contribution in [0.5, 0.6) is 0 Å². The van der Waals surface area contributed by atoms with Crippen molar-refractivity contribution in [1.29, 1.82) is 0 Å². The molecule has 0 aliphatic rings. The Labute approximate surface area is 67.2 Å². The molecule has 1 N–H and O–H groups in total. The molecule has 0 amide bonds. The maximum absolute atomic E-state index is 4.11. The number of aromatic amines is 1. The number of rotatable bonds is 0. The molecular formula is C7H7AsN2. The normalized spacial score (nSPS) is 10.5. The number of H-pyrrole nitrogens is 1. The van der Waals surface area contributed by atoms with Gasteiger partial charge in [-0.3, -0.25) is 0 Å². The Morgan fingerprint density at radius 1 is 1.40 bits per heavy atom. The van der Waals surface area contributed by atoms with Crippen LogP contribution in [-0.2, 0) is 0 Å². The standard InChI is InChI=1S/C7H7AsN2/c8-5-1-2-6-7(3-5)10-4-9-6/h1-4H,8H2,(H,9,10). The monoisotopic (exact) mass is 194 g/mol. The van der Waals surface area contributed by atoms with Crippen molar-refractivity contribution in [3.63, 3.8) is 0 Å². The molecule has 3 heteroatoms. The summed E-state index contributed by atoms with van der Waals surface area (Å²) in [5.41, 5.74) is 2.17. The molecule has 1 heterocycles. The van der Waals surface area contributed by atoms with Crippen LogP contribution in [0.25, 0.3) is 11.0 Å². The molecule has 10 heavy (non-hydrogen) atoms. The predicted molar refractivity (Wildman–Crippen MR) is 44.3 cm³/mol. The van der Waals surface area contributed by atoms with Gasteiger partial charge in [-0.25, -0.2) is 0 Å². The molecule has 0 saturated heterocycles. The molecule has 1 atom stereocenters. The van der Waals surface area contributed by atoms with Crippen LogP contribution in [0.2, 0.25) is 0 Å². The summed E-state index contributed by atoms with van der Waals surface area (Å²) in [6, 6.07) is 6.23. The Morgan fingerprint density at radius 3 is 3.20 bits per heavy atom. The molecule has 2 nitrogen and oxygen atoms in total. The SMILES string of the molecule is [AsH2]c1ccc2nc[nH]c2c1. The van der Waals surface area contributed by atoms with E-state index in [-0.39, 0.29) is 0 Å². The van der Waals surface area contributed by atoms with Crippen molar-refractivity contribution in [2.45, 2.75) is 0 Å². The van der Waals surface area contributed by atoms with Crippen molar-refractivity contribution in [1.82, 2.24) is 9.97 Å². The van der Waals surface area contributed by atoms with E-state index in [0.717, 1.165) is 11.0 Å². The molecule has 50 valence electrons. The molecule has 0 spiro atoms. The van der Waals surface area contributed by atoms with Gasteiger partial charge in [0.2, 0.25) is 0 Å². The fraction of sp³-hybridized carbons (Fsp3) is 0. The molecule has 0 aliphatic heterocycles. The van der Waals surface area contributed by atoms with Crippen molar-refractivity contribution in [3.8, 4) is 0 Å². The quantitative estimate of drug-likeness (QED) is 0.579. The van der Waals surface area contributed by atoms with Crippen molar-refractivity contribution < 1.29 is 0 Å². The van der Waals surface area contributed by atoms with Gasteiger partial charge < -0.3 is 0 Å². The second-order valence-electron chi connectivity index (χ2n) is 2.18. The van der Waals surface area contributed by atoms with E-state index in [1.54, 1.807) is 23.2 Å². The molecule has 1 unspecified atom stereocenters. The third-order valence-electron chi connectivity index (χ3n) is 1.44. The summed E-state index contributed by atoms with van der Waals surface area (Å²) < 4.78 is 1.32. The number of aromatic nitrogens is 2. The summed E-state index contributed by atoms with van der Waals surface area (Å²) in [7, 11) is 0. The van der Waals surface area contributed by atoms with E-state index in [9.17, 15) is 0 Å². The molecule has 2 rings (SSSR count). The van der Waals surface area contributed by atoms with E-state index >= 15 is 0 Å². The zero-order valence-electron chi connectivity index (χ0n) is 5.33. The minimum absolute atomic E-state index is 1.04. The van der Waals surface area contributed by atoms with Crippen LogP contribution in [0.15, 0.2) is 24.5 Å². The van der Waals surface area contributed by atoms with Crippen molar-refractivity contribution in [3.05, 3.63) is 24.5 Å². The molecule has 0 aliphatic carbocycles. The van der Waals surface area contributed by atoms with Crippen molar-refractivity contribution in [2.24, 2.45) is 0 Å². The summed E-state index contributed by atoms with van der Waals surface area (Å²) in [6.45, 7) is 0. The van der Waals surface area contributed by atoms with Gasteiger partial charge in [0.15, 0.2) is 0 Å². The molecular weight excluding hydrogens is 187 g/mol. The van der Waals surface area contributed by atoms with Gasteiger partial charge in [-0.15, -0.1) is 0 Å². The molecule has 1 aromatic carbocycles. The third kappa shape index (κ3) is 0.850. The number of fused-ring (bicyclic) bond motifs is 1. The fourth-order valence-corrected chi connectivity index (χ4v) is 1.50. The second-order valence-corrected chi connectivity index (χ2v) is 3.58. The number of hydrogen-bond donors (Lipinski definition) is 1. The van der Waals surface area contributed by atoms with Gasteiger partial charge in [0, 0.05) is 0 Å². The molecule has 0 saturated carbocycles. The first-order valence-electron chi connectivity index (χ1n) is 3.05. The van der Waals surface area contributed by atoms with Crippen LogP contribution in [0, 0.1) is 0 Å². The summed E-state index contributed by atoms with van der Waals surface area (Å²) >= 11 is 1.64. The fourth-order valence-electron chi connectivity index (χ4n) is 0.953. The number of nitrogens with one attached hydrogen (secondary N) is 1. The second kappa shape index (κ2) is 2.13. The van der Waals surface area contributed by atoms with E-state index in [1.807, 2.05) is 6.07 Å². The average Bonchev–Trinajstić information content (AvgIpc) is 2.33. The first-order chi connectivity index (χ1) is 4.86. The van der Waals surface area contributed by atoms with Gasteiger partial charge in [0.05, 0.1) is 0 Å². The Morgan fingerprint density at radius 2 is 2.30 bits per heavy atom. The van der Waals surface area contributed by atoms with Crippen LogP contribution < -0.4 is 4.35 Å². The summed E-state index contributed by atoms with van der Waals surface area (Å²) in [5, 5.41) is 0. The molecule has 2 aromatic rings. The molecule has 0 radical (unpaired) electrons. The summed E-state index contributed by atoms with van der Waals surface area (Å²) in [6.07, 6.45) is 1.72. The first kappa shape index (κ1) is 5.99. The average molecular weight is 194 g/mol. The van der Waals surface area contributed by atoms with Crippen LogP contribution in [0.1, 0.15) is 0 Å². The minimum atomic E-state index is 1.04. The molecule has 0 bridgehead atoms. The van der Waals surface area contributed by atoms with E-state index in [2.05, 4.69) is 22.1 Å². The third-order valence-corrected chi connectivity index (χ3v) is 2.20. The predicted octanol–water partition coefficient (Wildman–Crippen LogP) is -0.179. The summed E-state index contributed by atoms with van der Waals surface area (Å²) in [4.78, 5) is 7.17. The van der Waals surface area contributed by atoms with E-state index < -0.39 is 0 Å². The Balaban J connectivity index is 2.86. The van der Waals surface area contributed by atoms with Crippen LogP contribution in [0.4, 0.5) is 0 Å².